The maximum atomic E-state index is 6.02. The summed E-state index contributed by atoms with van der Waals surface area (Å²) >= 11 is 1.99. The highest BCUT2D eigenvalue weighted by atomic mass is 32.2. The van der Waals surface area contributed by atoms with Gasteiger partial charge in [0.15, 0.2) is 5.82 Å². The van der Waals surface area contributed by atoms with Crippen molar-refractivity contribution in [3.8, 4) is 0 Å². The predicted molar refractivity (Wildman–Crippen MR) is 81.7 cm³/mol. The molecule has 20 heavy (non-hydrogen) atoms. The molecule has 2 fully saturated rings. The van der Waals surface area contributed by atoms with E-state index in [9.17, 15) is 0 Å². The third kappa shape index (κ3) is 3.03. The smallest absolute Gasteiger partial charge is 0.234 e. The average molecular weight is 295 g/mol. The molecule has 1 heterocycles. The molecule has 1 aromatic rings. The molecule has 2 aliphatic rings. The summed E-state index contributed by atoms with van der Waals surface area (Å²) in [7, 11) is 0. The van der Waals surface area contributed by atoms with Gasteiger partial charge in [-0.05, 0) is 25.7 Å². The van der Waals surface area contributed by atoms with Crippen LogP contribution in [0.15, 0.2) is 4.52 Å². The molecule has 112 valence electrons. The fourth-order valence-electron chi connectivity index (χ4n) is 3.51. The molecule has 2 aliphatic carbocycles. The monoisotopic (exact) mass is 295 g/mol. The molecule has 4 nitrogen and oxygen atoms in total. The lowest BCUT2D eigenvalue weighted by Gasteiger charge is -2.32. The molecule has 0 aromatic carbocycles. The second-order valence-electron chi connectivity index (χ2n) is 6.28. The quantitative estimate of drug-likeness (QED) is 0.902. The maximum Gasteiger partial charge on any atom is 0.234 e. The van der Waals surface area contributed by atoms with Gasteiger partial charge in [-0.3, -0.25) is 0 Å². The number of hydrogen-bond acceptors (Lipinski definition) is 5. The fourth-order valence-corrected chi connectivity index (χ4v) is 4.68. The molecule has 0 atom stereocenters. The first-order valence-electron chi connectivity index (χ1n) is 7.97. The van der Waals surface area contributed by atoms with Crippen molar-refractivity contribution in [2.24, 2.45) is 5.73 Å². The zero-order chi connectivity index (χ0) is 13.8. The van der Waals surface area contributed by atoms with Crippen LogP contribution in [0, 0.1) is 0 Å². The summed E-state index contributed by atoms with van der Waals surface area (Å²) < 4.78 is 5.56. The van der Waals surface area contributed by atoms with E-state index in [-0.39, 0.29) is 5.41 Å². The molecule has 0 amide bonds. The second-order valence-corrected chi connectivity index (χ2v) is 7.57. The summed E-state index contributed by atoms with van der Waals surface area (Å²) in [6, 6.07) is 0. The molecule has 0 unspecified atom stereocenters. The van der Waals surface area contributed by atoms with Crippen LogP contribution in [0.2, 0.25) is 0 Å². The molecule has 5 heteroatoms. The largest absolute Gasteiger partial charge is 0.339 e. The standard InChI is InChI=1S/C15H25N3OS/c16-11-15(8-4-1-5-9-15)14-17-13(18-19-14)10-20-12-6-2-3-7-12/h12H,1-11,16H2. The van der Waals surface area contributed by atoms with Crippen LogP contribution in [-0.4, -0.2) is 21.9 Å². The Bertz CT molecular complexity index is 423. The lowest BCUT2D eigenvalue weighted by molar-refractivity contribution is 0.219. The van der Waals surface area contributed by atoms with Crippen molar-refractivity contribution in [3.63, 3.8) is 0 Å². The number of thioether (sulfide) groups is 1. The second kappa shape index (κ2) is 6.48. The molecule has 1 aromatic heterocycles. The first-order chi connectivity index (χ1) is 9.82. The minimum atomic E-state index is -0.0402. The van der Waals surface area contributed by atoms with Gasteiger partial charge >= 0.3 is 0 Å². The third-order valence-electron chi connectivity index (χ3n) is 4.87. The number of aromatic nitrogens is 2. The molecule has 0 saturated heterocycles. The van der Waals surface area contributed by atoms with Crippen LogP contribution in [0.25, 0.3) is 0 Å². The van der Waals surface area contributed by atoms with E-state index in [0.717, 1.165) is 35.6 Å². The summed E-state index contributed by atoms with van der Waals surface area (Å²) in [5, 5.41) is 4.98. The van der Waals surface area contributed by atoms with Gasteiger partial charge in [0, 0.05) is 11.8 Å². The predicted octanol–water partition coefficient (Wildman–Crippen LogP) is 3.41. The summed E-state index contributed by atoms with van der Waals surface area (Å²) in [6.45, 7) is 0.629. The van der Waals surface area contributed by atoms with Gasteiger partial charge in [0.25, 0.3) is 0 Å². The van der Waals surface area contributed by atoms with Crippen LogP contribution >= 0.6 is 11.8 Å². The molecule has 2 saturated carbocycles. The molecule has 3 rings (SSSR count). The average Bonchev–Trinajstić information content (AvgIpc) is 3.17. The minimum Gasteiger partial charge on any atom is -0.339 e. The minimum absolute atomic E-state index is 0.0402. The van der Waals surface area contributed by atoms with Crippen molar-refractivity contribution in [1.29, 1.82) is 0 Å². The van der Waals surface area contributed by atoms with Gasteiger partial charge < -0.3 is 10.3 Å². The summed E-state index contributed by atoms with van der Waals surface area (Å²) in [6.07, 6.45) is 11.4. The van der Waals surface area contributed by atoms with Crippen molar-refractivity contribution in [3.05, 3.63) is 11.7 Å². The molecule has 0 bridgehead atoms. The zero-order valence-electron chi connectivity index (χ0n) is 12.1. The zero-order valence-corrected chi connectivity index (χ0v) is 13.0. The van der Waals surface area contributed by atoms with Gasteiger partial charge in [-0.1, -0.05) is 37.3 Å². The van der Waals surface area contributed by atoms with Crippen molar-refractivity contribution in [2.75, 3.05) is 6.54 Å². The van der Waals surface area contributed by atoms with Crippen molar-refractivity contribution in [1.82, 2.24) is 10.1 Å². The lowest BCUT2D eigenvalue weighted by atomic mass is 9.74. The Morgan fingerprint density at radius 1 is 1.15 bits per heavy atom. The van der Waals surface area contributed by atoms with Crippen LogP contribution in [0.1, 0.15) is 69.5 Å². The van der Waals surface area contributed by atoms with Crippen molar-refractivity contribution in [2.45, 2.75) is 74.2 Å². The Balaban J connectivity index is 1.62. The highest BCUT2D eigenvalue weighted by molar-refractivity contribution is 7.99. The summed E-state index contributed by atoms with van der Waals surface area (Å²) in [5.74, 6) is 2.53. The van der Waals surface area contributed by atoms with Gasteiger partial charge in [0.1, 0.15) is 0 Å². The fraction of sp³-hybridized carbons (Fsp3) is 0.867. The highest BCUT2D eigenvalue weighted by Crippen LogP contribution is 2.38. The first-order valence-corrected chi connectivity index (χ1v) is 9.02. The first kappa shape index (κ1) is 14.4. The molecule has 2 N–H and O–H groups in total. The Hall–Kier alpha value is -0.550. The van der Waals surface area contributed by atoms with E-state index in [0.29, 0.717) is 6.54 Å². The van der Waals surface area contributed by atoms with Crippen molar-refractivity contribution < 1.29 is 4.52 Å². The molecule has 0 spiro atoms. The van der Waals surface area contributed by atoms with Gasteiger partial charge in [-0.25, -0.2) is 0 Å². The Kier molecular flexibility index (Phi) is 4.66. The third-order valence-corrected chi connectivity index (χ3v) is 6.24. The highest BCUT2D eigenvalue weighted by Gasteiger charge is 2.38. The van der Waals surface area contributed by atoms with E-state index < -0.39 is 0 Å². The van der Waals surface area contributed by atoms with Gasteiger partial charge in [-0.2, -0.15) is 16.7 Å². The van der Waals surface area contributed by atoms with E-state index in [1.165, 1.54) is 44.9 Å². The Morgan fingerprint density at radius 2 is 1.90 bits per heavy atom. The molecular weight excluding hydrogens is 270 g/mol. The Morgan fingerprint density at radius 3 is 2.60 bits per heavy atom. The van der Waals surface area contributed by atoms with Crippen molar-refractivity contribution >= 4 is 11.8 Å². The maximum absolute atomic E-state index is 6.02. The molecule has 0 aliphatic heterocycles. The van der Waals surface area contributed by atoms with Crippen LogP contribution in [0.5, 0.6) is 0 Å². The normalized spacial score (nSPS) is 23.2. The van der Waals surface area contributed by atoms with Crippen LogP contribution < -0.4 is 5.73 Å². The van der Waals surface area contributed by atoms with E-state index >= 15 is 0 Å². The SMILES string of the molecule is NCC1(c2nc(CSC3CCCC3)no2)CCCCC1. The number of nitrogens with zero attached hydrogens (tertiary/aromatic N) is 2. The van der Waals surface area contributed by atoms with E-state index in [1.807, 2.05) is 11.8 Å². The molecule has 0 radical (unpaired) electrons. The van der Waals surface area contributed by atoms with Gasteiger partial charge in [0.2, 0.25) is 5.89 Å². The molecular formula is C15H25N3OS. The Labute approximate surface area is 125 Å². The van der Waals surface area contributed by atoms with Crippen LogP contribution in [0.4, 0.5) is 0 Å². The van der Waals surface area contributed by atoms with Gasteiger partial charge in [-0.15, -0.1) is 0 Å². The number of nitrogens with two attached hydrogens (primary N) is 1. The summed E-state index contributed by atoms with van der Waals surface area (Å²) in [5.41, 5.74) is 5.98. The van der Waals surface area contributed by atoms with E-state index in [4.69, 9.17) is 10.3 Å². The van der Waals surface area contributed by atoms with Gasteiger partial charge in [0.05, 0.1) is 11.2 Å². The van der Waals surface area contributed by atoms with Crippen LogP contribution in [-0.2, 0) is 11.2 Å². The van der Waals surface area contributed by atoms with E-state index in [2.05, 4.69) is 10.1 Å². The summed E-state index contributed by atoms with van der Waals surface area (Å²) in [4.78, 5) is 4.66. The number of hydrogen-bond donors (Lipinski definition) is 1. The lowest BCUT2D eigenvalue weighted by Crippen LogP contribution is -2.37. The van der Waals surface area contributed by atoms with E-state index in [1.54, 1.807) is 0 Å². The number of rotatable bonds is 5. The van der Waals surface area contributed by atoms with Crippen LogP contribution in [0.3, 0.4) is 0 Å². The topological polar surface area (TPSA) is 64.9 Å².